The molecule has 0 spiro atoms. The second-order valence-electron chi connectivity index (χ2n) is 5.45. The molecule has 1 heterocycles. The molecule has 1 aliphatic rings. The lowest BCUT2D eigenvalue weighted by molar-refractivity contribution is -0.130. The predicted molar refractivity (Wildman–Crippen MR) is 82.2 cm³/mol. The van der Waals surface area contributed by atoms with Gasteiger partial charge in [-0.2, -0.15) is 0 Å². The summed E-state index contributed by atoms with van der Waals surface area (Å²) >= 11 is 0. The third kappa shape index (κ3) is 3.07. The van der Waals surface area contributed by atoms with E-state index in [0.717, 1.165) is 25.9 Å². The van der Waals surface area contributed by atoms with E-state index in [1.807, 2.05) is 11.0 Å². The number of rotatable bonds is 2. The van der Waals surface area contributed by atoms with Crippen molar-refractivity contribution in [2.45, 2.75) is 19.3 Å². The molecule has 108 valence electrons. The predicted octanol–water partition coefficient (Wildman–Crippen LogP) is 2.56. The van der Waals surface area contributed by atoms with Crippen molar-refractivity contribution in [1.82, 2.24) is 4.90 Å². The summed E-state index contributed by atoms with van der Waals surface area (Å²) in [6, 6.07) is 15.4. The molecule has 3 nitrogen and oxygen atoms in total. The van der Waals surface area contributed by atoms with Crippen LogP contribution in [0.25, 0.3) is 0 Å². The normalized spacial score (nSPS) is 14.4. The number of phenolic OH excluding ortho intramolecular Hbond substituents is 1. The summed E-state index contributed by atoms with van der Waals surface area (Å²) in [5.41, 5.74) is 3.38. The fraction of sp³-hybridized carbons (Fsp3) is 0.278. The molecule has 1 amide bonds. The van der Waals surface area contributed by atoms with Gasteiger partial charge < -0.3 is 10.0 Å². The van der Waals surface area contributed by atoms with Crippen molar-refractivity contribution in [3.05, 3.63) is 65.2 Å². The number of hydrogen-bond acceptors (Lipinski definition) is 2. The van der Waals surface area contributed by atoms with Gasteiger partial charge in [-0.1, -0.05) is 42.5 Å². The molecule has 0 aromatic heterocycles. The SMILES string of the molecule is O=C(Cc1ccccc1O)N1CCc2ccccc2CC1. The van der Waals surface area contributed by atoms with Crippen LogP contribution in [0.4, 0.5) is 0 Å². The van der Waals surface area contributed by atoms with Crippen LogP contribution < -0.4 is 0 Å². The van der Waals surface area contributed by atoms with Crippen LogP contribution in [0.1, 0.15) is 16.7 Å². The van der Waals surface area contributed by atoms with Gasteiger partial charge in [-0.3, -0.25) is 4.79 Å². The van der Waals surface area contributed by atoms with Gasteiger partial charge in [0, 0.05) is 18.7 Å². The molecule has 0 radical (unpaired) electrons. The van der Waals surface area contributed by atoms with Gasteiger partial charge in [0.2, 0.25) is 5.91 Å². The van der Waals surface area contributed by atoms with Gasteiger partial charge in [0.15, 0.2) is 0 Å². The maximum atomic E-state index is 12.4. The van der Waals surface area contributed by atoms with Crippen molar-refractivity contribution in [2.24, 2.45) is 0 Å². The Hall–Kier alpha value is -2.29. The van der Waals surface area contributed by atoms with E-state index in [1.54, 1.807) is 18.2 Å². The Bertz CT molecular complexity index is 624. The lowest BCUT2D eigenvalue weighted by atomic mass is 10.0. The van der Waals surface area contributed by atoms with Gasteiger partial charge in [-0.15, -0.1) is 0 Å². The van der Waals surface area contributed by atoms with Crippen molar-refractivity contribution in [2.75, 3.05) is 13.1 Å². The standard InChI is InChI=1S/C18H19NO2/c20-17-8-4-3-7-16(17)13-18(21)19-11-9-14-5-1-2-6-15(14)10-12-19/h1-8,20H,9-13H2. The van der Waals surface area contributed by atoms with E-state index in [9.17, 15) is 9.90 Å². The van der Waals surface area contributed by atoms with Crippen molar-refractivity contribution < 1.29 is 9.90 Å². The Kier molecular flexibility index (Phi) is 3.91. The van der Waals surface area contributed by atoms with Crippen LogP contribution in [0, 0.1) is 0 Å². The molecule has 0 atom stereocenters. The fourth-order valence-electron chi connectivity index (χ4n) is 2.85. The minimum absolute atomic E-state index is 0.0873. The van der Waals surface area contributed by atoms with Gasteiger partial charge in [0.05, 0.1) is 6.42 Å². The van der Waals surface area contributed by atoms with Crippen LogP contribution >= 0.6 is 0 Å². The number of phenols is 1. The monoisotopic (exact) mass is 281 g/mol. The molecule has 21 heavy (non-hydrogen) atoms. The fourth-order valence-corrected chi connectivity index (χ4v) is 2.85. The molecule has 1 N–H and O–H groups in total. The summed E-state index contributed by atoms with van der Waals surface area (Å²) in [5.74, 6) is 0.285. The lowest BCUT2D eigenvalue weighted by Crippen LogP contribution is -2.34. The van der Waals surface area contributed by atoms with Crippen molar-refractivity contribution in [3.63, 3.8) is 0 Å². The third-order valence-electron chi connectivity index (χ3n) is 4.11. The molecular weight excluding hydrogens is 262 g/mol. The number of nitrogens with zero attached hydrogens (tertiary/aromatic N) is 1. The van der Waals surface area contributed by atoms with Crippen molar-refractivity contribution in [3.8, 4) is 5.75 Å². The van der Waals surface area contributed by atoms with Crippen LogP contribution in [0.3, 0.4) is 0 Å². The molecule has 0 bridgehead atoms. The summed E-state index contributed by atoms with van der Waals surface area (Å²) in [6.07, 6.45) is 2.08. The molecule has 3 rings (SSSR count). The zero-order valence-electron chi connectivity index (χ0n) is 12.0. The van der Waals surface area contributed by atoms with E-state index in [4.69, 9.17) is 0 Å². The number of fused-ring (bicyclic) bond motifs is 1. The summed E-state index contributed by atoms with van der Waals surface area (Å²) in [4.78, 5) is 14.3. The topological polar surface area (TPSA) is 40.5 Å². The summed E-state index contributed by atoms with van der Waals surface area (Å²) < 4.78 is 0. The molecule has 1 aliphatic heterocycles. The zero-order valence-corrected chi connectivity index (χ0v) is 12.0. The molecule has 0 fully saturated rings. The highest BCUT2D eigenvalue weighted by Crippen LogP contribution is 2.19. The highest BCUT2D eigenvalue weighted by molar-refractivity contribution is 5.79. The summed E-state index contributed by atoms with van der Waals surface area (Å²) in [6.45, 7) is 1.51. The zero-order chi connectivity index (χ0) is 14.7. The van der Waals surface area contributed by atoms with Gasteiger partial charge in [0.1, 0.15) is 5.75 Å². The molecule has 0 saturated heterocycles. The first kappa shape index (κ1) is 13.7. The minimum Gasteiger partial charge on any atom is -0.508 e. The van der Waals surface area contributed by atoms with Crippen LogP contribution in [-0.2, 0) is 24.1 Å². The molecule has 0 unspecified atom stereocenters. The van der Waals surface area contributed by atoms with Gasteiger partial charge in [0.25, 0.3) is 0 Å². The van der Waals surface area contributed by atoms with Gasteiger partial charge >= 0.3 is 0 Å². The van der Waals surface area contributed by atoms with E-state index < -0.39 is 0 Å². The van der Waals surface area contributed by atoms with Gasteiger partial charge in [-0.05, 0) is 30.0 Å². The molecular formula is C18H19NO2. The molecule has 0 saturated carbocycles. The third-order valence-corrected chi connectivity index (χ3v) is 4.11. The van der Waals surface area contributed by atoms with Crippen LogP contribution in [-0.4, -0.2) is 29.0 Å². The Morgan fingerprint density at radius 2 is 1.52 bits per heavy atom. The van der Waals surface area contributed by atoms with E-state index >= 15 is 0 Å². The number of benzene rings is 2. The Balaban J connectivity index is 1.68. The first-order valence-electron chi connectivity index (χ1n) is 7.35. The Labute approximate surface area is 124 Å². The van der Waals surface area contributed by atoms with E-state index in [0.29, 0.717) is 5.56 Å². The highest BCUT2D eigenvalue weighted by Gasteiger charge is 2.19. The molecule has 3 heteroatoms. The Morgan fingerprint density at radius 3 is 2.14 bits per heavy atom. The minimum atomic E-state index is 0.0873. The molecule has 2 aromatic carbocycles. The van der Waals surface area contributed by atoms with E-state index in [1.165, 1.54) is 11.1 Å². The van der Waals surface area contributed by atoms with Crippen LogP contribution in [0.2, 0.25) is 0 Å². The van der Waals surface area contributed by atoms with Crippen LogP contribution in [0.5, 0.6) is 5.75 Å². The van der Waals surface area contributed by atoms with Crippen molar-refractivity contribution in [1.29, 1.82) is 0 Å². The first-order valence-corrected chi connectivity index (χ1v) is 7.35. The van der Waals surface area contributed by atoms with E-state index in [2.05, 4.69) is 24.3 Å². The summed E-state index contributed by atoms with van der Waals surface area (Å²) in [7, 11) is 0. The quantitative estimate of drug-likeness (QED) is 0.919. The average molecular weight is 281 g/mol. The number of carbonyl (C=O) groups is 1. The average Bonchev–Trinajstić information content (AvgIpc) is 2.72. The number of aromatic hydroxyl groups is 1. The molecule has 0 aliphatic carbocycles. The second kappa shape index (κ2) is 6.00. The summed E-state index contributed by atoms with van der Waals surface area (Å²) in [5, 5.41) is 9.78. The van der Waals surface area contributed by atoms with Crippen molar-refractivity contribution >= 4 is 5.91 Å². The highest BCUT2D eigenvalue weighted by atomic mass is 16.3. The van der Waals surface area contributed by atoms with Gasteiger partial charge in [-0.25, -0.2) is 0 Å². The van der Waals surface area contributed by atoms with E-state index in [-0.39, 0.29) is 18.1 Å². The second-order valence-corrected chi connectivity index (χ2v) is 5.45. The Morgan fingerprint density at radius 1 is 0.952 bits per heavy atom. The largest absolute Gasteiger partial charge is 0.508 e. The molecule has 2 aromatic rings. The smallest absolute Gasteiger partial charge is 0.227 e. The maximum absolute atomic E-state index is 12.4. The number of para-hydroxylation sites is 1. The maximum Gasteiger partial charge on any atom is 0.227 e. The number of amides is 1. The number of hydrogen-bond donors (Lipinski definition) is 1. The first-order chi connectivity index (χ1) is 10.2. The van der Waals surface area contributed by atoms with Crippen LogP contribution in [0.15, 0.2) is 48.5 Å². The lowest BCUT2D eigenvalue weighted by Gasteiger charge is -2.20. The number of carbonyl (C=O) groups excluding carboxylic acids is 1.